The zero-order valence-electron chi connectivity index (χ0n) is 13.3. The van der Waals surface area contributed by atoms with Gasteiger partial charge in [0.2, 0.25) is 0 Å². The number of hydrogen-bond donors (Lipinski definition) is 0. The van der Waals surface area contributed by atoms with E-state index < -0.39 is 38.5 Å². The molecule has 1 aliphatic heterocycles. The predicted molar refractivity (Wildman–Crippen MR) is 89.1 cm³/mol. The van der Waals surface area contributed by atoms with Gasteiger partial charge in [0.05, 0.1) is 11.1 Å². The van der Waals surface area contributed by atoms with Crippen LogP contribution in [0.3, 0.4) is 0 Å². The van der Waals surface area contributed by atoms with E-state index in [-0.39, 0.29) is 16.2 Å². The van der Waals surface area contributed by atoms with E-state index in [0.29, 0.717) is 10.8 Å². The Morgan fingerprint density at radius 1 is 0.778 bits per heavy atom. The Morgan fingerprint density at radius 2 is 1.26 bits per heavy atom. The van der Waals surface area contributed by atoms with Crippen molar-refractivity contribution in [2.45, 2.75) is 4.90 Å². The van der Waals surface area contributed by atoms with E-state index in [1.165, 1.54) is 12.1 Å². The molecule has 3 aromatic carbocycles. The van der Waals surface area contributed by atoms with Gasteiger partial charge in [0.1, 0.15) is 11.6 Å². The fourth-order valence-electron chi connectivity index (χ4n) is 2.93. The molecule has 0 bridgehead atoms. The Bertz CT molecular complexity index is 1170. The predicted octanol–water partition coefficient (Wildman–Crippen LogP) is 3.03. The third-order valence-corrected chi connectivity index (χ3v) is 5.31. The van der Waals surface area contributed by atoms with Crippen LogP contribution in [-0.4, -0.2) is 25.3 Å². The minimum absolute atomic E-state index is 0.00167. The maximum atomic E-state index is 13.8. The van der Waals surface area contributed by atoms with Crippen LogP contribution in [0.4, 0.5) is 8.78 Å². The highest BCUT2D eigenvalue weighted by atomic mass is 32.2. The van der Waals surface area contributed by atoms with Crippen LogP contribution < -0.4 is 0 Å². The summed E-state index contributed by atoms with van der Waals surface area (Å²) in [6.45, 7) is 0. The lowest BCUT2D eigenvalue weighted by atomic mass is 9.95. The summed E-state index contributed by atoms with van der Waals surface area (Å²) in [5, 5.41) is 0.955. The molecular weight excluding hydrogens is 380 g/mol. The van der Waals surface area contributed by atoms with Crippen LogP contribution in [-0.2, 0) is 14.4 Å². The van der Waals surface area contributed by atoms with E-state index in [1.54, 1.807) is 24.3 Å². The molecule has 2 amide bonds. The highest BCUT2D eigenvalue weighted by Gasteiger charge is 2.39. The Balaban J connectivity index is 1.83. The van der Waals surface area contributed by atoms with Gasteiger partial charge in [-0.3, -0.25) is 9.59 Å². The van der Waals surface area contributed by atoms with Crippen molar-refractivity contribution in [1.29, 1.82) is 0 Å². The number of benzene rings is 3. The number of halogens is 2. The molecule has 3 aromatic rings. The third kappa shape index (κ3) is 2.59. The van der Waals surface area contributed by atoms with E-state index in [1.807, 2.05) is 0 Å². The molecule has 0 saturated carbocycles. The lowest BCUT2D eigenvalue weighted by molar-refractivity contribution is -0.0158. The van der Waals surface area contributed by atoms with Crippen molar-refractivity contribution in [2.75, 3.05) is 0 Å². The average molecular weight is 389 g/mol. The molecule has 6 nitrogen and oxygen atoms in total. The minimum atomic E-state index is -5.12. The van der Waals surface area contributed by atoms with Crippen molar-refractivity contribution in [3.05, 3.63) is 77.4 Å². The van der Waals surface area contributed by atoms with Crippen molar-refractivity contribution >= 4 is 32.7 Å². The fraction of sp³-hybridized carbons (Fsp3) is 0. The molecule has 0 spiro atoms. The minimum Gasteiger partial charge on any atom is -0.266 e. The van der Waals surface area contributed by atoms with Gasteiger partial charge in [0.15, 0.2) is 4.90 Å². The maximum Gasteiger partial charge on any atom is 0.324 e. The summed E-state index contributed by atoms with van der Waals surface area (Å²) in [7, 11) is -5.12. The first-order chi connectivity index (χ1) is 12.8. The van der Waals surface area contributed by atoms with Crippen LogP contribution >= 0.6 is 0 Å². The molecule has 0 fully saturated rings. The number of imide groups is 1. The quantitative estimate of drug-likeness (QED) is 0.644. The van der Waals surface area contributed by atoms with Crippen molar-refractivity contribution < 1.29 is 31.1 Å². The molecule has 0 radical (unpaired) electrons. The van der Waals surface area contributed by atoms with Gasteiger partial charge in [-0.2, -0.15) is 8.42 Å². The molecule has 0 atom stereocenters. The molecule has 9 heteroatoms. The number of nitrogens with zero attached hydrogens (tertiary/aromatic N) is 1. The third-order valence-electron chi connectivity index (χ3n) is 4.08. The smallest absolute Gasteiger partial charge is 0.266 e. The molecule has 0 N–H and O–H groups in total. The maximum absolute atomic E-state index is 13.8. The van der Waals surface area contributed by atoms with Gasteiger partial charge in [-0.25, -0.2) is 8.78 Å². The second-order valence-electron chi connectivity index (χ2n) is 5.69. The molecule has 0 aliphatic carbocycles. The van der Waals surface area contributed by atoms with E-state index in [4.69, 9.17) is 0 Å². The van der Waals surface area contributed by atoms with Crippen LogP contribution in [0.1, 0.15) is 20.7 Å². The van der Waals surface area contributed by atoms with E-state index in [9.17, 15) is 26.8 Å². The van der Waals surface area contributed by atoms with Crippen LogP contribution in [0.5, 0.6) is 0 Å². The van der Waals surface area contributed by atoms with Gasteiger partial charge in [-0.15, -0.1) is 9.35 Å². The van der Waals surface area contributed by atoms with Crippen molar-refractivity contribution in [3.8, 4) is 0 Å². The second-order valence-corrected chi connectivity index (χ2v) is 7.16. The number of amides is 2. The Labute approximate surface area is 151 Å². The summed E-state index contributed by atoms with van der Waals surface area (Å²) < 4.78 is 56.9. The Hall–Kier alpha value is -3.17. The van der Waals surface area contributed by atoms with Gasteiger partial charge in [0, 0.05) is 5.39 Å². The van der Waals surface area contributed by atoms with Crippen molar-refractivity contribution in [2.24, 2.45) is 0 Å². The molecule has 0 saturated heterocycles. The number of rotatable bonds is 3. The molecule has 0 unspecified atom stereocenters. The molecular formula is C18H9F2NO5S. The van der Waals surface area contributed by atoms with E-state index in [2.05, 4.69) is 4.28 Å². The molecule has 1 heterocycles. The average Bonchev–Trinajstić information content (AvgIpc) is 2.62. The lowest BCUT2D eigenvalue weighted by Crippen LogP contribution is -2.42. The van der Waals surface area contributed by atoms with Crippen LogP contribution in [0, 0.1) is 11.6 Å². The monoisotopic (exact) mass is 389 g/mol. The standard InChI is InChI=1S/C18H9F2NO5S/c19-13-8-3-9-14(20)16(13)27(24,25)26-21-17(22)11-6-1-4-10-5-2-7-12(15(10)11)18(21)23/h1-9H. The first-order valence-electron chi connectivity index (χ1n) is 7.60. The Morgan fingerprint density at radius 3 is 1.78 bits per heavy atom. The van der Waals surface area contributed by atoms with Gasteiger partial charge >= 0.3 is 10.1 Å². The lowest BCUT2D eigenvalue weighted by Gasteiger charge is -2.25. The fourth-order valence-corrected chi connectivity index (χ4v) is 3.95. The molecule has 4 rings (SSSR count). The number of hydrogen-bond acceptors (Lipinski definition) is 5. The molecule has 27 heavy (non-hydrogen) atoms. The van der Waals surface area contributed by atoms with Crippen molar-refractivity contribution in [3.63, 3.8) is 0 Å². The van der Waals surface area contributed by atoms with Crippen molar-refractivity contribution in [1.82, 2.24) is 5.06 Å². The number of carbonyl (C=O) groups excluding carboxylic acids is 2. The van der Waals surface area contributed by atoms with Gasteiger partial charge in [0.25, 0.3) is 11.8 Å². The molecule has 1 aliphatic rings. The summed E-state index contributed by atoms with van der Waals surface area (Å²) in [6, 6.07) is 11.7. The molecule has 136 valence electrons. The van der Waals surface area contributed by atoms with Crippen LogP contribution in [0.2, 0.25) is 0 Å². The van der Waals surface area contributed by atoms with Gasteiger partial charge in [-0.05, 0) is 29.7 Å². The largest absolute Gasteiger partial charge is 0.324 e. The van der Waals surface area contributed by atoms with E-state index in [0.717, 1.165) is 18.2 Å². The van der Waals surface area contributed by atoms with Gasteiger partial charge in [-0.1, -0.05) is 30.3 Å². The highest BCUT2D eigenvalue weighted by molar-refractivity contribution is 7.86. The first kappa shape index (κ1) is 17.3. The first-order valence-corrected chi connectivity index (χ1v) is 9.01. The van der Waals surface area contributed by atoms with E-state index >= 15 is 0 Å². The second kappa shape index (κ2) is 5.93. The SMILES string of the molecule is O=C1c2cccc3cccc(c23)C(=O)N1OS(=O)(=O)c1c(F)cccc1F. The summed E-state index contributed by atoms with van der Waals surface area (Å²) in [4.78, 5) is 23.9. The number of hydroxylamine groups is 2. The number of carbonyl (C=O) groups is 2. The van der Waals surface area contributed by atoms with Crippen LogP contribution in [0.25, 0.3) is 10.8 Å². The van der Waals surface area contributed by atoms with Gasteiger partial charge < -0.3 is 0 Å². The summed E-state index contributed by atoms with van der Waals surface area (Å²) >= 11 is 0. The Kier molecular flexibility index (Phi) is 3.79. The summed E-state index contributed by atoms with van der Waals surface area (Å²) in [5.41, 5.74) is 0.0683. The zero-order chi connectivity index (χ0) is 19.3. The topological polar surface area (TPSA) is 80.8 Å². The zero-order valence-corrected chi connectivity index (χ0v) is 14.2. The highest BCUT2D eigenvalue weighted by Crippen LogP contribution is 2.31. The normalized spacial score (nSPS) is 14.1. The summed E-state index contributed by atoms with van der Waals surface area (Å²) in [6.07, 6.45) is 0. The van der Waals surface area contributed by atoms with Crippen LogP contribution in [0.15, 0.2) is 59.5 Å². The molecule has 0 aromatic heterocycles. The summed E-state index contributed by atoms with van der Waals surface area (Å²) in [5.74, 6) is -4.92.